The van der Waals surface area contributed by atoms with Gasteiger partial charge in [-0.25, -0.2) is 9.37 Å². The lowest BCUT2D eigenvalue weighted by molar-refractivity contribution is 0.0751. The molecule has 4 aromatic rings. The number of aromatic nitrogens is 2. The number of carbonyl (C=O) groups excluding carboxylic acids is 2. The van der Waals surface area contributed by atoms with Gasteiger partial charge in [0.05, 0.1) is 23.3 Å². The Kier molecular flexibility index (Phi) is 6.31. The summed E-state index contributed by atoms with van der Waals surface area (Å²) >= 11 is 1.37. The molecule has 0 spiro atoms. The van der Waals surface area contributed by atoms with Gasteiger partial charge >= 0.3 is 0 Å². The van der Waals surface area contributed by atoms with E-state index in [1.54, 1.807) is 41.3 Å². The maximum absolute atomic E-state index is 14.3. The van der Waals surface area contributed by atoms with Crippen molar-refractivity contribution in [3.8, 4) is 6.07 Å². The summed E-state index contributed by atoms with van der Waals surface area (Å²) in [5.74, 6) is -1.03. The molecule has 0 N–H and O–H groups in total. The van der Waals surface area contributed by atoms with Crippen LogP contribution in [-0.4, -0.2) is 52.3 Å². The summed E-state index contributed by atoms with van der Waals surface area (Å²) in [6.45, 7) is 1.12. The van der Waals surface area contributed by atoms with E-state index in [0.717, 1.165) is 10.8 Å². The molecule has 8 nitrogen and oxygen atoms in total. The number of carbonyl (C=O) groups is 2. The number of hydrogen-bond donors (Lipinski definition) is 0. The first-order chi connectivity index (χ1) is 17.5. The van der Waals surface area contributed by atoms with Gasteiger partial charge in [0.2, 0.25) is 0 Å². The van der Waals surface area contributed by atoms with Gasteiger partial charge in [0.25, 0.3) is 11.5 Å². The van der Waals surface area contributed by atoms with E-state index in [9.17, 15) is 24.0 Å². The number of pyridine rings is 2. The summed E-state index contributed by atoms with van der Waals surface area (Å²) in [4.78, 5) is 47.3. The minimum absolute atomic E-state index is 0.0717. The Morgan fingerprint density at radius 2 is 1.83 bits per heavy atom. The number of ketones is 1. The van der Waals surface area contributed by atoms with Crippen LogP contribution in [0, 0.1) is 17.1 Å². The van der Waals surface area contributed by atoms with Crippen molar-refractivity contribution >= 4 is 39.7 Å². The lowest BCUT2D eigenvalue weighted by Gasteiger charge is -2.36. The van der Waals surface area contributed by atoms with Gasteiger partial charge in [0.1, 0.15) is 23.1 Å². The van der Waals surface area contributed by atoms with Crippen molar-refractivity contribution in [2.75, 3.05) is 31.1 Å². The largest absolute Gasteiger partial charge is 0.366 e. The van der Waals surface area contributed by atoms with Crippen molar-refractivity contribution in [3.05, 3.63) is 92.3 Å². The Balaban J connectivity index is 1.53. The first kappa shape index (κ1) is 23.4. The van der Waals surface area contributed by atoms with Crippen LogP contribution >= 0.6 is 11.3 Å². The molecule has 36 heavy (non-hydrogen) atoms. The van der Waals surface area contributed by atoms with Crippen LogP contribution in [0.15, 0.2) is 64.9 Å². The number of thiophene rings is 1. The van der Waals surface area contributed by atoms with Gasteiger partial charge in [-0.3, -0.25) is 19.0 Å². The monoisotopic (exact) mass is 501 g/mol. The highest BCUT2D eigenvalue weighted by Gasteiger charge is 2.28. The third kappa shape index (κ3) is 4.25. The molecule has 1 amide bonds. The number of benzene rings is 1. The number of nitriles is 1. The van der Waals surface area contributed by atoms with Crippen LogP contribution in [0.2, 0.25) is 0 Å². The average molecular weight is 502 g/mol. The first-order valence-electron chi connectivity index (χ1n) is 11.3. The van der Waals surface area contributed by atoms with Gasteiger partial charge < -0.3 is 9.80 Å². The second kappa shape index (κ2) is 9.71. The van der Waals surface area contributed by atoms with E-state index in [-0.39, 0.29) is 40.5 Å². The highest BCUT2D eigenvalue weighted by atomic mass is 32.1. The molecule has 0 atom stereocenters. The summed E-state index contributed by atoms with van der Waals surface area (Å²) in [5, 5.41) is 12.1. The number of Topliss-reactive ketones (excluding diaryl/α,β-unsaturated/α-hetero) is 1. The van der Waals surface area contributed by atoms with Gasteiger partial charge in [-0.15, -0.1) is 11.3 Å². The summed E-state index contributed by atoms with van der Waals surface area (Å²) in [5.41, 5.74) is -0.0454. The Morgan fingerprint density at radius 1 is 1.08 bits per heavy atom. The molecule has 1 saturated heterocycles. The molecule has 10 heteroatoms. The molecule has 1 aromatic carbocycles. The van der Waals surface area contributed by atoms with Crippen LogP contribution < -0.4 is 10.5 Å². The maximum Gasteiger partial charge on any atom is 0.272 e. The fraction of sp³-hybridized carbons (Fsp3) is 0.192. The van der Waals surface area contributed by atoms with E-state index < -0.39 is 11.4 Å². The average Bonchev–Trinajstić information content (AvgIpc) is 3.45. The van der Waals surface area contributed by atoms with E-state index in [0.29, 0.717) is 36.6 Å². The molecule has 0 unspecified atom stereocenters. The molecule has 0 aliphatic carbocycles. The molecule has 0 radical (unpaired) electrons. The molecular weight excluding hydrogens is 481 g/mol. The smallest absolute Gasteiger partial charge is 0.272 e. The third-order valence-corrected chi connectivity index (χ3v) is 7.02. The van der Waals surface area contributed by atoms with Gasteiger partial charge in [-0.1, -0.05) is 36.4 Å². The van der Waals surface area contributed by atoms with Crippen molar-refractivity contribution in [2.45, 2.75) is 6.54 Å². The molecule has 1 aliphatic heterocycles. The molecule has 1 aliphatic rings. The van der Waals surface area contributed by atoms with E-state index in [2.05, 4.69) is 4.98 Å². The first-order valence-corrected chi connectivity index (χ1v) is 12.1. The predicted octanol–water partition coefficient (Wildman–Crippen LogP) is 3.31. The van der Waals surface area contributed by atoms with Crippen molar-refractivity contribution in [1.29, 1.82) is 5.26 Å². The molecule has 3 aromatic heterocycles. The van der Waals surface area contributed by atoms with Crippen LogP contribution in [0.1, 0.15) is 25.6 Å². The van der Waals surface area contributed by atoms with E-state index >= 15 is 0 Å². The van der Waals surface area contributed by atoms with Crippen LogP contribution in [-0.2, 0) is 6.54 Å². The Hall–Kier alpha value is -4.36. The summed E-state index contributed by atoms with van der Waals surface area (Å²) < 4.78 is 15.5. The van der Waals surface area contributed by atoms with Crippen LogP contribution in [0.4, 0.5) is 10.1 Å². The van der Waals surface area contributed by atoms with Crippen LogP contribution in [0.5, 0.6) is 0 Å². The van der Waals surface area contributed by atoms with Crippen molar-refractivity contribution in [1.82, 2.24) is 14.5 Å². The summed E-state index contributed by atoms with van der Waals surface area (Å²) in [6.07, 6.45) is 0.985. The normalized spacial score (nSPS) is 13.6. The zero-order valence-corrected chi connectivity index (χ0v) is 19.9. The van der Waals surface area contributed by atoms with Crippen molar-refractivity contribution in [3.63, 3.8) is 0 Å². The molecule has 0 saturated carbocycles. The standard InChI is InChI=1S/C26H20FN5O3S/c27-18-13-19-23(30-8-10-31(11-9-30)26(35)22-7-4-12-36-22)20(14-28)25(34)32(24(19)29-15-18)16-21(33)17-5-2-1-3-6-17/h1-7,12-13,15H,8-11,16H2. The number of piperazine rings is 1. The minimum Gasteiger partial charge on any atom is -0.366 e. The lowest BCUT2D eigenvalue weighted by atomic mass is 10.1. The molecule has 1 fully saturated rings. The number of halogens is 1. The second-order valence-electron chi connectivity index (χ2n) is 8.30. The zero-order chi connectivity index (χ0) is 25.2. The van der Waals surface area contributed by atoms with Crippen molar-refractivity contribution < 1.29 is 14.0 Å². The topological polar surface area (TPSA) is 99.3 Å². The maximum atomic E-state index is 14.3. The number of fused-ring (bicyclic) bond motifs is 1. The van der Waals surface area contributed by atoms with Gasteiger partial charge in [-0.05, 0) is 17.5 Å². The highest BCUT2D eigenvalue weighted by Crippen LogP contribution is 2.30. The SMILES string of the molecule is N#Cc1c(N2CCN(C(=O)c3cccs3)CC2)c2cc(F)cnc2n(CC(=O)c2ccccc2)c1=O. The Bertz CT molecular complexity index is 1550. The lowest BCUT2D eigenvalue weighted by Crippen LogP contribution is -2.49. The highest BCUT2D eigenvalue weighted by molar-refractivity contribution is 7.12. The van der Waals surface area contributed by atoms with Crippen molar-refractivity contribution in [2.24, 2.45) is 0 Å². The number of nitrogens with zero attached hydrogens (tertiary/aromatic N) is 5. The van der Waals surface area contributed by atoms with E-state index in [1.807, 2.05) is 22.4 Å². The van der Waals surface area contributed by atoms with Crippen LogP contribution in [0.3, 0.4) is 0 Å². The summed E-state index contributed by atoms with van der Waals surface area (Å²) in [7, 11) is 0. The number of rotatable bonds is 5. The quantitative estimate of drug-likeness (QED) is 0.389. The fourth-order valence-corrected chi connectivity index (χ4v) is 5.10. The molecule has 180 valence electrons. The number of anilines is 1. The molecule has 4 heterocycles. The minimum atomic E-state index is -0.666. The number of amides is 1. The Morgan fingerprint density at radius 3 is 2.50 bits per heavy atom. The van der Waals surface area contributed by atoms with Gasteiger partial charge in [-0.2, -0.15) is 5.26 Å². The Labute approximate surface area is 209 Å². The molecule has 0 bridgehead atoms. The predicted molar refractivity (Wildman–Crippen MR) is 134 cm³/mol. The molecule has 5 rings (SSSR count). The van der Waals surface area contributed by atoms with E-state index in [4.69, 9.17) is 0 Å². The zero-order valence-electron chi connectivity index (χ0n) is 19.1. The van der Waals surface area contributed by atoms with Crippen LogP contribution in [0.25, 0.3) is 11.0 Å². The number of hydrogen-bond acceptors (Lipinski definition) is 7. The van der Waals surface area contributed by atoms with Gasteiger partial charge in [0.15, 0.2) is 5.78 Å². The third-order valence-electron chi connectivity index (χ3n) is 6.16. The van der Waals surface area contributed by atoms with E-state index in [1.165, 1.54) is 17.4 Å². The summed E-state index contributed by atoms with van der Waals surface area (Å²) in [6, 6.07) is 15.3. The molecular formula is C26H20FN5O3S. The fourth-order valence-electron chi connectivity index (χ4n) is 4.41. The van der Waals surface area contributed by atoms with Gasteiger partial charge in [0, 0.05) is 37.1 Å². The second-order valence-corrected chi connectivity index (χ2v) is 9.24.